The number of nitrogens with zero attached hydrogens (tertiary/aromatic N) is 1. The van der Waals surface area contributed by atoms with Crippen molar-refractivity contribution >= 4 is 29.9 Å². The second-order valence-electron chi connectivity index (χ2n) is 8.26. The first kappa shape index (κ1) is 22.5. The van der Waals surface area contributed by atoms with Gasteiger partial charge in [-0.15, -0.1) is 0 Å². The quantitative estimate of drug-likeness (QED) is 0.254. The Morgan fingerprint density at radius 2 is 2.06 bits per heavy atom. The molecule has 3 aliphatic rings. The number of rotatable bonds is 9. The zero-order chi connectivity index (χ0) is 22.5. The molecule has 4 atom stereocenters. The van der Waals surface area contributed by atoms with Crippen LogP contribution < -0.4 is 10.6 Å². The van der Waals surface area contributed by atoms with Crippen molar-refractivity contribution in [3.05, 3.63) is 48.2 Å². The van der Waals surface area contributed by atoms with Gasteiger partial charge in [-0.1, -0.05) is 37.3 Å². The first-order chi connectivity index (χ1) is 15.6. The highest BCUT2D eigenvalue weighted by Crippen LogP contribution is 2.36. The van der Waals surface area contributed by atoms with Gasteiger partial charge in [-0.2, -0.15) is 11.8 Å². The van der Waals surface area contributed by atoms with Crippen LogP contribution in [0.3, 0.4) is 0 Å². The molecule has 0 bridgehead atoms. The lowest BCUT2D eigenvalue weighted by Gasteiger charge is -2.25. The Hall–Kier alpha value is -2.68. The number of unbranched alkanes of at least 4 members (excludes halogenated alkanes) is 1. The van der Waals surface area contributed by atoms with Gasteiger partial charge < -0.3 is 20.1 Å². The number of hydrogen-bond acceptors (Lipinski definition) is 6. The molecule has 0 saturated carbocycles. The summed E-state index contributed by atoms with van der Waals surface area (Å²) in [5.41, 5.74) is 2.32. The third-order valence-corrected chi connectivity index (χ3v) is 7.81. The number of hydrogen-bond donors (Lipinski definition) is 2. The number of benzene rings is 1. The maximum absolute atomic E-state index is 12.5. The highest BCUT2D eigenvalue weighted by atomic mass is 32.2. The lowest BCUT2D eigenvalue weighted by atomic mass is 10.0. The van der Waals surface area contributed by atoms with Crippen molar-refractivity contribution in [3.63, 3.8) is 0 Å². The summed E-state index contributed by atoms with van der Waals surface area (Å²) in [6, 6.07) is 8.21. The molecule has 172 valence electrons. The second-order valence-corrected chi connectivity index (χ2v) is 9.53. The van der Waals surface area contributed by atoms with Crippen molar-refractivity contribution in [2.45, 2.75) is 61.9 Å². The van der Waals surface area contributed by atoms with Gasteiger partial charge in [-0.05, 0) is 36.8 Å². The van der Waals surface area contributed by atoms with Gasteiger partial charge in [0.25, 0.3) is 0 Å². The maximum Gasteiger partial charge on any atom is 0.417 e. The number of esters is 1. The molecule has 1 aromatic rings. The standard InChI is InChI=1S/C23H29N3O5S/c1-2-26(18-12-11-15-7-3-4-8-16(15)18)23(29)31-14-30-20(27)10-6-5-9-19-21-17(13-32-19)24-22(28)25-21/h2-4,7-8,17-19,21H,1,5-6,9-14H2,(H2,24,25,28)/t17?,18?,19-,21-/m0/s1. The van der Waals surface area contributed by atoms with Gasteiger partial charge in [0.2, 0.25) is 6.79 Å². The molecular formula is C23H29N3O5S. The Kier molecular flexibility index (Phi) is 7.24. The molecule has 8 nitrogen and oxygen atoms in total. The number of carbonyl (C=O) groups excluding carboxylic acids is 3. The minimum Gasteiger partial charge on any atom is -0.428 e. The molecule has 2 unspecified atom stereocenters. The van der Waals surface area contributed by atoms with Crippen LogP contribution in [0.4, 0.5) is 9.59 Å². The van der Waals surface area contributed by atoms with E-state index >= 15 is 0 Å². The van der Waals surface area contributed by atoms with Crippen LogP contribution in [0.5, 0.6) is 0 Å². The Morgan fingerprint density at radius 3 is 2.91 bits per heavy atom. The number of fused-ring (bicyclic) bond motifs is 2. The summed E-state index contributed by atoms with van der Waals surface area (Å²) >= 11 is 1.86. The molecule has 9 heteroatoms. The van der Waals surface area contributed by atoms with Crippen LogP contribution in [-0.4, -0.2) is 52.9 Å². The van der Waals surface area contributed by atoms with E-state index in [0.717, 1.165) is 37.0 Å². The van der Waals surface area contributed by atoms with E-state index < -0.39 is 12.9 Å². The molecule has 4 rings (SSSR count). The molecule has 32 heavy (non-hydrogen) atoms. The number of thioether (sulfide) groups is 1. The van der Waals surface area contributed by atoms with E-state index in [4.69, 9.17) is 9.47 Å². The van der Waals surface area contributed by atoms with E-state index in [1.807, 2.05) is 30.0 Å². The highest BCUT2D eigenvalue weighted by Gasteiger charge is 2.42. The molecule has 2 saturated heterocycles. The number of aryl methyl sites for hydroxylation is 1. The van der Waals surface area contributed by atoms with Crippen molar-refractivity contribution in [2.24, 2.45) is 0 Å². The molecule has 1 aromatic carbocycles. The van der Waals surface area contributed by atoms with Gasteiger partial charge in [-0.3, -0.25) is 9.69 Å². The normalized spacial score (nSPS) is 25.3. The third-order valence-electron chi connectivity index (χ3n) is 6.30. The van der Waals surface area contributed by atoms with E-state index in [0.29, 0.717) is 11.7 Å². The van der Waals surface area contributed by atoms with Gasteiger partial charge in [0.1, 0.15) is 0 Å². The SMILES string of the molecule is C=CN(C(=O)OCOC(=O)CCCC[C@@H]1SCC2NC(=O)N[C@@H]21)C1CCc2ccccc21. The molecule has 0 spiro atoms. The molecular weight excluding hydrogens is 430 g/mol. The van der Waals surface area contributed by atoms with Gasteiger partial charge in [0.15, 0.2) is 0 Å². The van der Waals surface area contributed by atoms with Crippen molar-refractivity contribution in [1.29, 1.82) is 0 Å². The van der Waals surface area contributed by atoms with Crippen molar-refractivity contribution in [3.8, 4) is 0 Å². The monoisotopic (exact) mass is 459 g/mol. The van der Waals surface area contributed by atoms with E-state index in [2.05, 4.69) is 23.3 Å². The molecule has 1 aliphatic carbocycles. The number of nitrogens with one attached hydrogen (secondary N) is 2. The van der Waals surface area contributed by atoms with Crippen molar-refractivity contribution < 1.29 is 23.9 Å². The van der Waals surface area contributed by atoms with E-state index in [1.54, 1.807) is 0 Å². The van der Waals surface area contributed by atoms with Crippen LogP contribution in [-0.2, 0) is 20.7 Å². The van der Waals surface area contributed by atoms with E-state index in [-0.39, 0.29) is 36.5 Å². The summed E-state index contributed by atoms with van der Waals surface area (Å²) < 4.78 is 10.2. The average molecular weight is 460 g/mol. The maximum atomic E-state index is 12.5. The summed E-state index contributed by atoms with van der Waals surface area (Å²) in [6.45, 7) is 3.33. The van der Waals surface area contributed by atoms with Crippen LogP contribution in [0.2, 0.25) is 0 Å². The fraction of sp³-hybridized carbons (Fsp3) is 0.522. The zero-order valence-electron chi connectivity index (χ0n) is 18.0. The molecule has 2 aliphatic heterocycles. The third kappa shape index (κ3) is 5.03. The Balaban J connectivity index is 1.12. The van der Waals surface area contributed by atoms with Gasteiger partial charge in [-0.25, -0.2) is 9.59 Å². The molecule has 0 radical (unpaired) electrons. The summed E-state index contributed by atoms with van der Waals surface area (Å²) in [7, 11) is 0. The summed E-state index contributed by atoms with van der Waals surface area (Å²) in [4.78, 5) is 37.3. The Bertz CT molecular complexity index is 879. The average Bonchev–Trinajstić information content (AvgIpc) is 3.47. The molecule has 3 amide bonds. The lowest BCUT2D eigenvalue weighted by Crippen LogP contribution is -2.36. The van der Waals surface area contributed by atoms with E-state index in [1.165, 1.54) is 16.7 Å². The molecule has 0 aromatic heterocycles. The van der Waals surface area contributed by atoms with Crippen LogP contribution in [0.1, 0.15) is 49.3 Å². The minimum atomic E-state index is -0.575. The topological polar surface area (TPSA) is 97.0 Å². The molecule has 2 N–H and O–H groups in total. The summed E-state index contributed by atoms with van der Waals surface area (Å²) in [5.74, 6) is 0.539. The number of amides is 3. The first-order valence-electron chi connectivity index (χ1n) is 11.1. The van der Waals surface area contributed by atoms with Gasteiger partial charge in [0.05, 0.1) is 18.1 Å². The summed E-state index contributed by atoms with van der Waals surface area (Å²) in [6.07, 6.45) is 5.37. The summed E-state index contributed by atoms with van der Waals surface area (Å²) in [5, 5.41) is 6.27. The zero-order valence-corrected chi connectivity index (χ0v) is 18.8. The minimum absolute atomic E-state index is 0.0874. The number of ether oxygens (including phenoxy) is 2. The predicted molar refractivity (Wildman–Crippen MR) is 121 cm³/mol. The largest absolute Gasteiger partial charge is 0.428 e. The van der Waals surface area contributed by atoms with Gasteiger partial charge in [0, 0.05) is 23.6 Å². The molecule has 2 fully saturated rings. The highest BCUT2D eigenvalue weighted by molar-refractivity contribution is 8.00. The molecule has 2 heterocycles. The van der Waals surface area contributed by atoms with Crippen LogP contribution in [0.15, 0.2) is 37.0 Å². The van der Waals surface area contributed by atoms with Crippen molar-refractivity contribution in [2.75, 3.05) is 12.5 Å². The smallest absolute Gasteiger partial charge is 0.417 e. The van der Waals surface area contributed by atoms with Crippen LogP contribution in [0.25, 0.3) is 0 Å². The van der Waals surface area contributed by atoms with Crippen molar-refractivity contribution in [1.82, 2.24) is 15.5 Å². The van der Waals surface area contributed by atoms with Crippen LogP contribution in [0, 0.1) is 0 Å². The first-order valence-corrected chi connectivity index (χ1v) is 12.1. The lowest BCUT2D eigenvalue weighted by molar-refractivity contribution is -0.152. The number of carbonyl (C=O) groups is 3. The predicted octanol–water partition coefficient (Wildman–Crippen LogP) is 3.48. The van der Waals surface area contributed by atoms with Gasteiger partial charge >= 0.3 is 18.1 Å². The fourth-order valence-electron chi connectivity index (χ4n) is 4.70. The Labute approximate surface area is 192 Å². The fourth-order valence-corrected chi connectivity index (χ4v) is 6.25. The van der Waals surface area contributed by atoms with Crippen LogP contribution >= 0.6 is 11.8 Å². The second kappa shape index (κ2) is 10.3. The number of urea groups is 1. The Morgan fingerprint density at radius 1 is 1.22 bits per heavy atom. The van der Waals surface area contributed by atoms with E-state index in [9.17, 15) is 14.4 Å².